The third kappa shape index (κ3) is 6.51. The average Bonchev–Trinajstić information content (AvgIpc) is 3.63. The average molecular weight is 626 g/mol. The number of hydrogen-bond acceptors (Lipinski definition) is 7. The molecule has 1 aliphatic rings. The molecule has 2 amide bonds. The number of thiophene rings is 1. The highest BCUT2D eigenvalue weighted by atomic mass is 32.2. The summed E-state index contributed by atoms with van der Waals surface area (Å²) in [5.74, 6) is 1.33. The van der Waals surface area contributed by atoms with Crippen LogP contribution in [0, 0.1) is 6.92 Å². The second kappa shape index (κ2) is 13.7. The molecule has 0 radical (unpaired) electrons. The standard InChI is InChI=1S/C34H35N5O3S2/c1-3-39-29(20-42-27-18-17-24-13-7-8-14-25(24)22(27)2)37-38-34(39)43-21-30(40)36-33-31(26-15-9-10-16-28(26)44-33)32(41)35-19-23-11-5-4-6-12-23/h4-8,11-14,17-18H,3,9-10,15-16,19-21H2,1-2H3,(H,35,41)(H,36,40). The number of nitrogens with one attached hydrogen (secondary N) is 2. The van der Waals surface area contributed by atoms with Crippen LogP contribution in [0.25, 0.3) is 10.8 Å². The minimum absolute atomic E-state index is 0.145. The summed E-state index contributed by atoms with van der Waals surface area (Å²) in [5, 5.41) is 18.4. The lowest BCUT2D eigenvalue weighted by atomic mass is 9.95. The molecule has 0 unspecified atom stereocenters. The van der Waals surface area contributed by atoms with Crippen LogP contribution in [0.1, 0.15) is 57.5 Å². The summed E-state index contributed by atoms with van der Waals surface area (Å²) < 4.78 is 8.14. The molecule has 226 valence electrons. The fraction of sp³-hybridized carbons (Fsp3) is 0.294. The molecule has 5 aromatic rings. The summed E-state index contributed by atoms with van der Waals surface area (Å²) in [4.78, 5) is 27.7. The molecule has 0 spiro atoms. The van der Waals surface area contributed by atoms with Crippen molar-refractivity contribution in [2.45, 2.75) is 64.4 Å². The van der Waals surface area contributed by atoms with E-state index in [0.29, 0.717) is 34.6 Å². The van der Waals surface area contributed by atoms with Gasteiger partial charge in [0.2, 0.25) is 5.91 Å². The second-order valence-corrected chi connectivity index (χ2v) is 12.8. The van der Waals surface area contributed by atoms with E-state index in [1.807, 2.05) is 60.0 Å². The molecular formula is C34H35N5O3S2. The number of nitrogens with zero attached hydrogens (tertiary/aromatic N) is 3. The fourth-order valence-corrected chi connectivity index (χ4v) is 7.73. The maximum Gasteiger partial charge on any atom is 0.254 e. The molecule has 0 saturated carbocycles. The van der Waals surface area contributed by atoms with E-state index in [-0.39, 0.29) is 24.2 Å². The monoisotopic (exact) mass is 625 g/mol. The summed E-state index contributed by atoms with van der Waals surface area (Å²) in [7, 11) is 0. The number of benzene rings is 3. The SMILES string of the molecule is CCn1c(COc2ccc3ccccc3c2C)nnc1SCC(=O)Nc1sc2c(c1C(=O)NCc1ccccc1)CCCC2. The number of hydrogen-bond donors (Lipinski definition) is 2. The van der Waals surface area contributed by atoms with Gasteiger partial charge in [0.1, 0.15) is 17.4 Å². The number of fused-ring (bicyclic) bond motifs is 2. The predicted octanol–water partition coefficient (Wildman–Crippen LogP) is 6.94. The molecule has 1 aliphatic carbocycles. The third-order valence-corrected chi connectivity index (χ3v) is 10.1. The number of carbonyl (C=O) groups is 2. The molecule has 0 atom stereocenters. The van der Waals surface area contributed by atoms with E-state index in [4.69, 9.17) is 4.74 Å². The van der Waals surface area contributed by atoms with Crippen molar-refractivity contribution >= 4 is 50.7 Å². The smallest absolute Gasteiger partial charge is 0.254 e. The Kier molecular flexibility index (Phi) is 9.28. The molecule has 10 heteroatoms. The van der Waals surface area contributed by atoms with E-state index < -0.39 is 0 Å². The summed E-state index contributed by atoms with van der Waals surface area (Å²) in [6, 6.07) is 22.1. The normalized spacial score (nSPS) is 12.6. The van der Waals surface area contributed by atoms with Gasteiger partial charge in [0.25, 0.3) is 5.91 Å². The first-order valence-corrected chi connectivity index (χ1v) is 16.7. The Morgan fingerprint density at radius 2 is 1.80 bits per heavy atom. The highest BCUT2D eigenvalue weighted by molar-refractivity contribution is 7.99. The summed E-state index contributed by atoms with van der Waals surface area (Å²) in [6.45, 7) is 5.44. The van der Waals surface area contributed by atoms with Crippen molar-refractivity contribution < 1.29 is 14.3 Å². The molecule has 0 saturated heterocycles. The van der Waals surface area contributed by atoms with Gasteiger partial charge in [-0.05, 0) is 73.1 Å². The minimum atomic E-state index is -0.180. The molecule has 2 heterocycles. The van der Waals surface area contributed by atoms with Gasteiger partial charge in [-0.1, -0.05) is 72.4 Å². The van der Waals surface area contributed by atoms with E-state index in [2.05, 4.69) is 46.0 Å². The molecule has 2 N–H and O–H groups in total. The second-order valence-electron chi connectivity index (χ2n) is 10.8. The lowest BCUT2D eigenvalue weighted by molar-refractivity contribution is -0.113. The van der Waals surface area contributed by atoms with E-state index in [9.17, 15) is 9.59 Å². The van der Waals surface area contributed by atoms with Gasteiger partial charge in [-0.3, -0.25) is 9.59 Å². The zero-order valence-corrected chi connectivity index (χ0v) is 26.5. The number of aromatic nitrogens is 3. The van der Waals surface area contributed by atoms with E-state index in [1.54, 1.807) is 0 Å². The molecule has 0 fully saturated rings. The lowest BCUT2D eigenvalue weighted by Gasteiger charge is -2.13. The Labute approximate surface area is 265 Å². The molecule has 8 nitrogen and oxygen atoms in total. The molecule has 44 heavy (non-hydrogen) atoms. The van der Waals surface area contributed by atoms with Crippen molar-refractivity contribution in [1.29, 1.82) is 0 Å². The van der Waals surface area contributed by atoms with Gasteiger partial charge in [0.15, 0.2) is 11.0 Å². The summed E-state index contributed by atoms with van der Waals surface area (Å²) in [5.41, 5.74) is 3.80. The lowest BCUT2D eigenvalue weighted by Crippen LogP contribution is -2.25. The zero-order valence-electron chi connectivity index (χ0n) is 24.9. The van der Waals surface area contributed by atoms with Crippen molar-refractivity contribution in [3.05, 3.63) is 99.7 Å². The Bertz CT molecular complexity index is 1800. The summed E-state index contributed by atoms with van der Waals surface area (Å²) in [6.07, 6.45) is 3.94. The Balaban J connectivity index is 1.10. The van der Waals surface area contributed by atoms with Gasteiger partial charge >= 0.3 is 0 Å². The largest absolute Gasteiger partial charge is 0.485 e. The number of thioether (sulfide) groups is 1. The Morgan fingerprint density at radius 3 is 2.64 bits per heavy atom. The molecule has 2 aromatic heterocycles. The van der Waals surface area contributed by atoms with Gasteiger partial charge in [-0.2, -0.15) is 0 Å². The van der Waals surface area contributed by atoms with E-state index in [1.165, 1.54) is 33.4 Å². The zero-order chi connectivity index (χ0) is 30.5. The molecule has 6 rings (SSSR count). The number of aryl methyl sites for hydroxylation is 2. The molecular weight excluding hydrogens is 591 g/mol. The van der Waals surface area contributed by atoms with E-state index in [0.717, 1.165) is 53.5 Å². The van der Waals surface area contributed by atoms with E-state index >= 15 is 0 Å². The van der Waals surface area contributed by atoms with Crippen molar-refractivity contribution in [2.24, 2.45) is 0 Å². The first kappa shape index (κ1) is 29.9. The van der Waals surface area contributed by atoms with Crippen LogP contribution in [0.5, 0.6) is 5.75 Å². The van der Waals surface area contributed by atoms with Crippen molar-refractivity contribution in [2.75, 3.05) is 11.1 Å². The maximum absolute atomic E-state index is 13.4. The van der Waals surface area contributed by atoms with Crippen molar-refractivity contribution in [3.63, 3.8) is 0 Å². The van der Waals surface area contributed by atoms with Gasteiger partial charge in [-0.15, -0.1) is 21.5 Å². The van der Waals surface area contributed by atoms with Crippen LogP contribution >= 0.6 is 23.1 Å². The fourth-order valence-electron chi connectivity index (χ4n) is 5.61. The van der Waals surface area contributed by atoms with Gasteiger partial charge in [0, 0.05) is 18.0 Å². The van der Waals surface area contributed by atoms with Gasteiger partial charge < -0.3 is 19.9 Å². The first-order chi connectivity index (χ1) is 21.5. The number of amides is 2. The van der Waals surface area contributed by atoms with Crippen LogP contribution < -0.4 is 15.4 Å². The maximum atomic E-state index is 13.4. The topological polar surface area (TPSA) is 98.1 Å². The predicted molar refractivity (Wildman–Crippen MR) is 177 cm³/mol. The minimum Gasteiger partial charge on any atom is -0.485 e. The van der Waals surface area contributed by atoms with Crippen LogP contribution in [-0.2, 0) is 37.3 Å². The van der Waals surface area contributed by atoms with Crippen LogP contribution in [0.2, 0.25) is 0 Å². The van der Waals surface area contributed by atoms with Crippen LogP contribution in [0.15, 0.2) is 71.9 Å². The third-order valence-electron chi connectivity index (χ3n) is 7.89. The van der Waals surface area contributed by atoms with Gasteiger partial charge in [0.05, 0.1) is 11.3 Å². The van der Waals surface area contributed by atoms with Crippen LogP contribution in [0.3, 0.4) is 0 Å². The van der Waals surface area contributed by atoms with Crippen molar-refractivity contribution in [3.8, 4) is 5.75 Å². The van der Waals surface area contributed by atoms with Crippen molar-refractivity contribution in [1.82, 2.24) is 20.1 Å². The Hall–Kier alpha value is -4.15. The first-order valence-electron chi connectivity index (χ1n) is 14.9. The van der Waals surface area contributed by atoms with Gasteiger partial charge in [-0.25, -0.2) is 0 Å². The number of anilines is 1. The highest BCUT2D eigenvalue weighted by Gasteiger charge is 2.26. The number of carbonyl (C=O) groups excluding carboxylic acids is 2. The quantitative estimate of drug-likeness (QED) is 0.154. The highest BCUT2D eigenvalue weighted by Crippen LogP contribution is 2.38. The number of ether oxygens (including phenoxy) is 1. The Morgan fingerprint density at radius 1 is 1.00 bits per heavy atom. The number of rotatable bonds is 11. The van der Waals surface area contributed by atoms with Crippen LogP contribution in [-0.4, -0.2) is 32.3 Å². The molecule has 0 bridgehead atoms. The van der Waals surface area contributed by atoms with Crippen LogP contribution in [0.4, 0.5) is 5.00 Å². The molecule has 0 aliphatic heterocycles. The molecule has 3 aromatic carbocycles. The summed E-state index contributed by atoms with van der Waals surface area (Å²) >= 11 is 2.86.